The second kappa shape index (κ2) is 6.50. The summed E-state index contributed by atoms with van der Waals surface area (Å²) in [6, 6.07) is 2.11. The molecule has 2 atom stereocenters. The second-order valence-electron chi connectivity index (χ2n) is 6.24. The summed E-state index contributed by atoms with van der Waals surface area (Å²) in [4.78, 5) is 28.5. The average molecular weight is 304 g/mol. The van der Waals surface area contributed by atoms with Crippen LogP contribution in [0.4, 0.5) is 0 Å². The fourth-order valence-electron chi connectivity index (χ4n) is 3.58. The molecule has 3 rings (SSSR count). The van der Waals surface area contributed by atoms with E-state index < -0.39 is 0 Å². The van der Waals surface area contributed by atoms with Crippen LogP contribution in [0, 0.1) is 5.92 Å². The first kappa shape index (κ1) is 15.1. The molecule has 6 nitrogen and oxygen atoms in total. The average Bonchev–Trinajstić information content (AvgIpc) is 3.16. The van der Waals surface area contributed by atoms with Crippen molar-refractivity contribution in [1.82, 2.24) is 19.6 Å². The fraction of sp³-hybridized carbons (Fsp3) is 0.688. The zero-order chi connectivity index (χ0) is 15.5. The first-order valence-corrected chi connectivity index (χ1v) is 8.24. The molecule has 3 heterocycles. The number of aromatic nitrogens is 2. The number of amides is 2. The van der Waals surface area contributed by atoms with E-state index in [1.165, 1.54) is 0 Å². The van der Waals surface area contributed by atoms with E-state index in [4.69, 9.17) is 0 Å². The van der Waals surface area contributed by atoms with Gasteiger partial charge in [0.2, 0.25) is 11.8 Å². The number of rotatable bonds is 4. The molecular formula is C16H24N4O2. The fourth-order valence-corrected chi connectivity index (χ4v) is 3.58. The van der Waals surface area contributed by atoms with E-state index in [9.17, 15) is 9.59 Å². The van der Waals surface area contributed by atoms with Gasteiger partial charge in [-0.2, -0.15) is 5.10 Å². The molecule has 2 amide bonds. The molecule has 22 heavy (non-hydrogen) atoms. The lowest BCUT2D eigenvalue weighted by atomic mass is 9.98. The van der Waals surface area contributed by atoms with Gasteiger partial charge in [0.1, 0.15) is 0 Å². The Morgan fingerprint density at radius 3 is 2.95 bits per heavy atom. The number of hydrogen-bond donors (Lipinski definition) is 0. The summed E-state index contributed by atoms with van der Waals surface area (Å²) in [5.41, 5.74) is 0. The highest BCUT2D eigenvalue weighted by molar-refractivity contribution is 5.89. The van der Waals surface area contributed by atoms with E-state index in [-0.39, 0.29) is 23.8 Å². The van der Waals surface area contributed by atoms with E-state index in [0.717, 1.165) is 32.4 Å². The van der Waals surface area contributed by atoms with Gasteiger partial charge in [-0.05, 0) is 32.3 Å². The summed E-state index contributed by atoms with van der Waals surface area (Å²) >= 11 is 0. The Hall–Kier alpha value is -1.85. The summed E-state index contributed by atoms with van der Waals surface area (Å²) in [5, 5.41) is 4.26. The Morgan fingerprint density at radius 2 is 2.27 bits per heavy atom. The van der Waals surface area contributed by atoms with E-state index in [1.807, 2.05) is 28.8 Å². The van der Waals surface area contributed by atoms with Crippen LogP contribution in [0.1, 0.15) is 32.6 Å². The van der Waals surface area contributed by atoms with Crippen molar-refractivity contribution in [1.29, 1.82) is 0 Å². The summed E-state index contributed by atoms with van der Waals surface area (Å²) in [6.45, 7) is 4.79. The van der Waals surface area contributed by atoms with Gasteiger partial charge in [-0.1, -0.05) is 0 Å². The first-order valence-electron chi connectivity index (χ1n) is 8.24. The normalized spacial score (nSPS) is 25.8. The molecule has 2 fully saturated rings. The molecule has 0 aromatic carbocycles. The quantitative estimate of drug-likeness (QED) is 0.838. The highest BCUT2D eigenvalue weighted by Crippen LogP contribution is 2.25. The van der Waals surface area contributed by atoms with Crippen LogP contribution < -0.4 is 0 Å². The molecule has 2 aliphatic rings. The third-order valence-electron chi connectivity index (χ3n) is 4.81. The van der Waals surface area contributed by atoms with E-state index in [2.05, 4.69) is 5.10 Å². The zero-order valence-corrected chi connectivity index (χ0v) is 13.1. The van der Waals surface area contributed by atoms with Crippen molar-refractivity contribution in [3.63, 3.8) is 0 Å². The number of likely N-dealkylation sites (tertiary alicyclic amines) is 2. The molecule has 0 unspecified atom stereocenters. The second-order valence-corrected chi connectivity index (χ2v) is 6.24. The van der Waals surface area contributed by atoms with Gasteiger partial charge in [-0.25, -0.2) is 0 Å². The summed E-state index contributed by atoms with van der Waals surface area (Å²) in [5.74, 6) is 0.105. The number of hydrogen-bond acceptors (Lipinski definition) is 3. The minimum Gasteiger partial charge on any atom is -0.342 e. The van der Waals surface area contributed by atoms with E-state index in [0.29, 0.717) is 19.5 Å². The van der Waals surface area contributed by atoms with Crippen molar-refractivity contribution in [2.75, 3.05) is 19.6 Å². The van der Waals surface area contributed by atoms with Crippen LogP contribution in [0.5, 0.6) is 0 Å². The number of carbonyl (C=O) groups is 2. The van der Waals surface area contributed by atoms with Gasteiger partial charge >= 0.3 is 0 Å². The third-order valence-corrected chi connectivity index (χ3v) is 4.81. The monoisotopic (exact) mass is 304 g/mol. The zero-order valence-electron chi connectivity index (χ0n) is 13.1. The molecule has 0 radical (unpaired) electrons. The minimum absolute atomic E-state index is 0.112. The van der Waals surface area contributed by atoms with Crippen molar-refractivity contribution < 1.29 is 9.59 Å². The van der Waals surface area contributed by atoms with Crippen LogP contribution in [0.3, 0.4) is 0 Å². The van der Waals surface area contributed by atoms with Gasteiger partial charge < -0.3 is 9.80 Å². The van der Waals surface area contributed by atoms with Crippen LogP contribution in [-0.2, 0) is 16.1 Å². The number of nitrogens with zero attached hydrogens (tertiary/aromatic N) is 4. The maximum atomic E-state index is 12.9. The largest absolute Gasteiger partial charge is 0.342 e. The molecule has 2 aliphatic heterocycles. The van der Waals surface area contributed by atoms with Gasteiger partial charge in [-0.15, -0.1) is 0 Å². The Balaban J connectivity index is 1.68. The maximum absolute atomic E-state index is 12.9. The Morgan fingerprint density at radius 1 is 1.41 bits per heavy atom. The van der Waals surface area contributed by atoms with Crippen LogP contribution >= 0.6 is 0 Å². The van der Waals surface area contributed by atoms with Crippen LogP contribution in [-0.4, -0.2) is 57.1 Å². The summed E-state index contributed by atoms with van der Waals surface area (Å²) in [7, 11) is 0. The van der Waals surface area contributed by atoms with Crippen LogP contribution in [0.25, 0.3) is 0 Å². The maximum Gasteiger partial charge on any atom is 0.228 e. The third kappa shape index (κ3) is 3.00. The molecular weight excluding hydrogens is 280 g/mol. The van der Waals surface area contributed by atoms with Crippen molar-refractivity contribution in [3.8, 4) is 0 Å². The highest BCUT2D eigenvalue weighted by Gasteiger charge is 2.38. The van der Waals surface area contributed by atoms with Gasteiger partial charge in [-0.3, -0.25) is 14.3 Å². The van der Waals surface area contributed by atoms with Gasteiger partial charge in [0.15, 0.2) is 0 Å². The predicted octanol–water partition coefficient (Wildman–Crippen LogP) is 1.13. The highest BCUT2D eigenvalue weighted by atomic mass is 16.2. The van der Waals surface area contributed by atoms with E-state index in [1.54, 1.807) is 11.1 Å². The van der Waals surface area contributed by atoms with Crippen molar-refractivity contribution in [2.24, 2.45) is 5.92 Å². The predicted molar refractivity (Wildman–Crippen MR) is 81.9 cm³/mol. The number of piperidine rings is 1. The van der Waals surface area contributed by atoms with Crippen molar-refractivity contribution >= 4 is 11.8 Å². The molecule has 0 saturated carbocycles. The summed E-state index contributed by atoms with van der Waals surface area (Å²) < 4.78 is 1.90. The molecule has 6 heteroatoms. The van der Waals surface area contributed by atoms with Gasteiger partial charge in [0.05, 0.1) is 18.5 Å². The van der Waals surface area contributed by atoms with Crippen LogP contribution in [0.2, 0.25) is 0 Å². The van der Waals surface area contributed by atoms with Crippen molar-refractivity contribution in [2.45, 2.75) is 45.2 Å². The smallest absolute Gasteiger partial charge is 0.228 e. The lowest BCUT2D eigenvalue weighted by molar-refractivity contribution is -0.139. The Bertz CT molecular complexity index is 528. The lowest BCUT2D eigenvalue weighted by Gasteiger charge is -2.37. The molecule has 0 bridgehead atoms. The SMILES string of the molecule is CCN1C[C@@H](C(=O)N2CCCC[C@@H]2Cn2cccn2)CC1=O. The van der Waals surface area contributed by atoms with Gasteiger partial charge in [0, 0.05) is 38.4 Å². The molecule has 0 aliphatic carbocycles. The summed E-state index contributed by atoms with van der Waals surface area (Å²) in [6.07, 6.45) is 7.31. The molecule has 120 valence electrons. The number of carbonyl (C=O) groups excluding carboxylic acids is 2. The molecule has 2 saturated heterocycles. The topological polar surface area (TPSA) is 58.4 Å². The van der Waals surface area contributed by atoms with Crippen LogP contribution in [0.15, 0.2) is 18.5 Å². The first-order chi connectivity index (χ1) is 10.7. The molecule has 0 N–H and O–H groups in total. The van der Waals surface area contributed by atoms with Crippen molar-refractivity contribution in [3.05, 3.63) is 18.5 Å². The van der Waals surface area contributed by atoms with E-state index >= 15 is 0 Å². The standard InChI is InChI=1S/C16H24N4O2/c1-2-18-11-13(10-15(18)21)16(22)20-9-4-3-6-14(20)12-19-8-5-7-17-19/h5,7-8,13-14H,2-4,6,9-12H2,1H3/t13-,14+/m0/s1. The Kier molecular flexibility index (Phi) is 4.45. The minimum atomic E-state index is -0.161. The molecule has 1 aromatic heterocycles. The molecule has 1 aromatic rings. The Labute approximate surface area is 131 Å². The molecule has 0 spiro atoms. The lowest BCUT2D eigenvalue weighted by Crippen LogP contribution is -2.48. The van der Waals surface area contributed by atoms with Gasteiger partial charge in [0.25, 0.3) is 0 Å².